The molecule has 120 valence electrons. The Balaban J connectivity index is 1.74. The molecule has 2 saturated heterocycles. The van der Waals surface area contributed by atoms with Crippen molar-refractivity contribution in [1.29, 1.82) is 0 Å². The molecule has 4 rings (SSSR count). The number of carbonyl (C=O) groups is 1. The van der Waals surface area contributed by atoms with E-state index in [2.05, 4.69) is 43.0 Å². The first kappa shape index (κ1) is 15.5. The summed E-state index contributed by atoms with van der Waals surface area (Å²) >= 11 is 0. The molecule has 0 aromatic heterocycles. The molecule has 1 atom stereocenters. The molecule has 0 radical (unpaired) electrons. The minimum atomic E-state index is -0.0498. The highest BCUT2D eigenvalue weighted by Crippen LogP contribution is 2.43. The summed E-state index contributed by atoms with van der Waals surface area (Å²) < 4.78 is 0. The van der Waals surface area contributed by atoms with Crippen molar-refractivity contribution in [1.82, 2.24) is 4.90 Å². The normalized spacial score (nSPS) is 28.7. The number of fused-ring (bicyclic) bond motifs is 3. The Bertz CT molecular complexity index is 546. The van der Waals surface area contributed by atoms with Crippen LogP contribution < -0.4 is 5.73 Å². The van der Waals surface area contributed by atoms with Crippen LogP contribution in [-0.2, 0) is 11.2 Å². The Morgan fingerprint density at radius 3 is 2.68 bits per heavy atom. The molecule has 1 aliphatic carbocycles. The SMILES string of the molecule is Cc1ccccc1CC(C)C(=O)N1CC2CCC1(CN)CC2. The van der Waals surface area contributed by atoms with Gasteiger partial charge in [0.05, 0.1) is 5.54 Å². The van der Waals surface area contributed by atoms with Crippen LogP contribution in [0.1, 0.15) is 43.7 Å². The number of carbonyl (C=O) groups excluding carboxylic acids is 1. The third-order valence-electron chi connectivity index (χ3n) is 5.90. The zero-order chi connectivity index (χ0) is 15.7. The van der Waals surface area contributed by atoms with Crippen LogP contribution in [0.2, 0.25) is 0 Å². The van der Waals surface area contributed by atoms with Crippen LogP contribution in [0.4, 0.5) is 0 Å². The lowest BCUT2D eigenvalue weighted by atomic mass is 9.70. The fourth-order valence-electron chi connectivity index (χ4n) is 4.28. The number of nitrogens with zero attached hydrogens (tertiary/aromatic N) is 1. The minimum absolute atomic E-state index is 0.0314. The summed E-state index contributed by atoms with van der Waals surface area (Å²) in [5.74, 6) is 1.03. The van der Waals surface area contributed by atoms with Gasteiger partial charge in [-0.3, -0.25) is 4.79 Å². The highest BCUT2D eigenvalue weighted by molar-refractivity contribution is 5.80. The predicted molar refractivity (Wildman–Crippen MR) is 89.5 cm³/mol. The molecule has 2 aliphatic heterocycles. The van der Waals surface area contributed by atoms with Crippen molar-refractivity contribution >= 4 is 5.91 Å². The van der Waals surface area contributed by atoms with Crippen molar-refractivity contribution in [3.63, 3.8) is 0 Å². The van der Waals surface area contributed by atoms with Crippen LogP contribution in [0.25, 0.3) is 0 Å². The smallest absolute Gasteiger partial charge is 0.226 e. The average Bonchev–Trinajstić information content (AvgIpc) is 2.57. The van der Waals surface area contributed by atoms with E-state index in [9.17, 15) is 4.79 Å². The molecule has 2 heterocycles. The van der Waals surface area contributed by atoms with Crippen LogP contribution in [-0.4, -0.2) is 29.4 Å². The van der Waals surface area contributed by atoms with E-state index in [1.54, 1.807) is 0 Å². The van der Waals surface area contributed by atoms with E-state index in [4.69, 9.17) is 5.73 Å². The summed E-state index contributed by atoms with van der Waals surface area (Å²) in [6.45, 7) is 5.73. The Kier molecular flexibility index (Phi) is 4.26. The number of piperidine rings is 2. The van der Waals surface area contributed by atoms with E-state index < -0.39 is 0 Å². The van der Waals surface area contributed by atoms with Crippen molar-refractivity contribution < 1.29 is 4.79 Å². The van der Waals surface area contributed by atoms with Crippen molar-refractivity contribution in [2.75, 3.05) is 13.1 Å². The number of benzene rings is 1. The first-order valence-corrected chi connectivity index (χ1v) is 8.62. The molecule has 2 N–H and O–H groups in total. The van der Waals surface area contributed by atoms with Crippen LogP contribution in [0.5, 0.6) is 0 Å². The molecule has 1 amide bonds. The van der Waals surface area contributed by atoms with Gasteiger partial charge in [0, 0.05) is 19.0 Å². The second-order valence-electron chi connectivity index (χ2n) is 7.35. The summed E-state index contributed by atoms with van der Waals surface area (Å²) in [7, 11) is 0. The lowest BCUT2D eigenvalue weighted by Gasteiger charge is -2.55. The summed E-state index contributed by atoms with van der Waals surface area (Å²) in [5, 5.41) is 0. The fourth-order valence-corrected chi connectivity index (χ4v) is 4.28. The van der Waals surface area contributed by atoms with Gasteiger partial charge in [0.15, 0.2) is 0 Å². The zero-order valence-corrected chi connectivity index (χ0v) is 13.8. The van der Waals surface area contributed by atoms with Gasteiger partial charge in [-0.2, -0.15) is 0 Å². The minimum Gasteiger partial charge on any atom is -0.335 e. The maximum Gasteiger partial charge on any atom is 0.226 e. The molecule has 1 saturated carbocycles. The highest BCUT2D eigenvalue weighted by atomic mass is 16.2. The van der Waals surface area contributed by atoms with Crippen molar-refractivity contribution in [3.05, 3.63) is 35.4 Å². The van der Waals surface area contributed by atoms with Gasteiger partial charge in [0.2, 0.25) is 5.91 Å². The van der Waals surface area contributed by atoms with Crippen LogP contribution in [0.3, 0.4) is 0 Å². The van der Waals surface area contributed by atoms with Gasteiger partial charge in [-0.15, -0.1) is 0 Å². The Morgan fingerprint density at radius 2 is 2.05 bits per heavy atom. The third-order valence-corrected chi connectivity index (χ3v) is 5.90. The van der Waals surface area contributed by atoms with Gasteiger partial charge < -0.3 is 10.6 Å². The zero-order valence-electron chi connectivity index (χ0n) is 13.8. The predicted octanol–water partition coefficient (Wildman–Crippen LogP) is 2.90. The number of nitrogens with two attached hydrogens (primary N) is 1. The summed E-state index contributed by atoms with van der Waals surface area (Å²) in [6.07, 6.45) is 5.50. The molecule has 1 unspecified atom stereocenters. The number of hydrogen-bond donors (Lipinski definition) is 1. The molecule has 3 nitrogen and oxygen atoms in total. The topological polar surface area (TPSA) is 46.3 Å². The molecule has 2 bridgehead atoms. The largest absolute Gasteiger partial charge is 0.335 e. The Morgan fingerprint density at radius 1 is 1.36 bits per heavy atom. The van der Waals surface area contributed by atoms with Gasteiger partial charge in [0.25, 0.3) is 0 Å². The van der Waals surface area contributed by atoms with E-state index in [1.807, 2.05) is 0 Å². The number of amides is 1. The third kappa shape index (κ3) is 2.67. The fraction of sp³-hybridized carbons (Fsp3) is 0.632. The van der Waals surface area contributed by atoms with Crippen LogP contribution >= 0.6 is 0 Å². The van der Waals surface area contributed by atoms with Crippen LogP contribution in [0, 0.1) is 18.8 Å². The average molecular weight is 300 g/mol. The molecular formula is C19H28N2O. The van der Waals surface area contributed by atoms with E-state index in [0.29, 0.717) is 18.4 Å². The van der Waals surface area contributed by atoms with Crippen molar-refractivity contribution in [2.24, 2.45) is 17.6 Å². The van der Waals surface area contributed by atoms with Crippen LogP contribution in [0.15, 0.2) is 24.3 Å². The summed E-state index contributed by atoms with van der Waals surface area (Å²) in [6, 6.07) is 8.37. The molecule has 3 fully saturated rings. The van der Waals surface area contributed by atoms with Crippen molar-refractivity contribution in [2.45, 2.75) is 51.5 Å². The van der Waals surface area contributed by atoms with Gasteiger partial charge in [-0.25, -0.2) is 0 Å². The molecule has 3 heteroatoms. The first-order valence-electron chi connectivity index (χ1n) is 8.62. The Hall–Kier alpha value is -1.35. The number of rotatable bonds is 4. The molecular weight excluding hydrogens is 272 g/mol. The van der Waals surface area contributed by atoms with Gasteiger partial charge in [-0.1, -0.05) is 31.2 Å². The van der Waals surface area contributed by atoms with E-state index in [0.717, 1.165) is 25.8 Å². The van der Waals surface area contributed by atoms with Crippen molar-refractivity contribution in [3.8, 4) is 0 Å². The maximum absolute atomic E-state index is 13.0. The van der Waals surface area contributed by atoms with Gasteiger partial charge in [0.1, 0.15) is 0 Å². The molecule has 3 aliphatic rings. The highest BCUT2D eigenvalue weighted by Gasteiger charge is 2.47. The summed E-state index contributed by atoms with van der Waals surface area (Å²) in [5.41, 5.74) is 8.59. The quantitative estimate of drug-likeness (QED) is 0.929. The molecule has 1 aromatic rings. The second kappa shape index (κ2) is 6.04. The number of hydrogen-bond acceptors (Lipinski definition) is 2. The lowest BCUT2D eigenvalue weighted by molar-refractivity contribution is -0.150. The molecule has 22 heavy (non-hydrogen) atoms. The van der Waals surface area contributed by atoms with E-state index in [-0.39, 0.29) is 11.5 Å². The second-order valence-corrected chi connectivity index (χ2v) is 7.35. The number of aryl methyl sites for hydroxylation is 1. The molecule has 1 aromatic carbocycles. The van der Waals surface area contributed by atoms with Gasteiger partial charge in [-0.05, 0) is 56.1 Å². The lowest BCUT2D eigenvalue weighted by Crippen LogP contribution is -2.64. The molecule has 0 spiro atoms. The first-order chi connectivity index (χ1) is 10.6. The van der Waals surface area contributed by atoms with E-state index >= 15 is 0 Å². The summed E-state index contributed by atoms with van der Waals surface area (Å²) in [4.78, 5) is 15.2. The Labute approximate surface area is 133 Å². The monoisotopic (exact) mass is 300 g/mol. The van der Waals surface area contributed by atoms with E-state index in [1.165, 1.54) is 24.0 Å². The standard InChI is InChI=1S/C19H28N2O/c1-14-5-3-4-6-17(14)11-15(2)18(22)21-12-16-7-9-19(21,13-20)10-8-16/h3-6,15-16H,7-13,20H2,1-2H3. The maximum atomic E-state index is 13.0. The van der Waals surface area contributed by atoms with Gasteiger partial charge >= 0.3 is 0 Å².